The molecule has 0 aliphatic carbocycles. The lowest BCUT2D eigenvalue weighted by Gasteiger charge is -2.15. The van der Waals surface area contributed by atoms with Crippen LogP contribution in [0.25, 0.3) is 11.3 Å². The summed E-state index contributed by atoms with van der Waals surface area (Å²) in [5.74, 6) is -0.171. The van der Waals surface area contributed by atoms with E-state index in [1.165, 1.54) is 12.1 Å². The van der Waals surface area contributed by atoms with E-state index in [1.54, 1.807) is 12.3 Å². The van der Waals surface area contributed by atoms with Gasteiger partial charge in [-0.2, -0.15) is 0 Å². The second kappa shape index (κ2) is 8.81. The van der Waals surface area contributed by atoms with Gasteiger partial charge in [-0.15, -0.1) is 0 Å². The highest BCUT2D eigenvalue weighted by Gasteiger charge is 2.17. The summed E-state index contributed by atoms with van der Waals surface area (Å²) in [4.78, 5) is 19.8. The van der Waals surface area contributed by atoms with Crippen molar-refractivity contribution >= 4 is 21.8 Å². The number of carbonyl (C=O) groups excluding carboxylic acids is 1. The number of halogens is 2. The van der Waals surface area contributed by atoms with E-state index in [0.29, 0.717) is 16.7 Å². The van der Waals surface area contributed by atoms with Crippen molar-refractivity contribution in [2.75, 3.05) is 6.61 Å². The Morgan fingerprint density at radius 2 is 2.07 bits per heavy atom. The molecule has 5 nitrogen and oxygen atoms in total. The monoisotopic (exact) mass is 431 g/mol. The first-order valence-electron chi connectivity index (χ1n) is 8.54. The summed E-state index contributed by atoms with van der Waals surface area (Å²) in [6, 6.07) is 14.0. The molecule has 140 valence electrons. The molecular formula is C20H19BrFN3O2. The van der Waals surface area contributed by atoms with Crippen molar-refractivity contribution in [3.63, 3.8) is 0 Å². The van der Waals surface area contributed by atoms with Crippen LogP contribution in [0.2, 0.25) is 0 Å². The van der Waals surface area contributed by atoms with E-state index < -0.39 is 5.82 Å². The fourth-order valence-electron chi connectivity index (χ4n) is 2.61. The summed E-state index contributed by atoms with van der Waals surface area (Å²) in [6.07, 6.45) is 2.40. The third kappa shape index (κ3) is 4.95. The first-order chi connectivity index (χ1) is 13.1. The molecule has 2 aromatic carbocycles. The number of H-pyrrole nitrogens is 1. The fraction of sp³-hybridized carbons (Fsp3) is 0.200. The lowest BCUT2D eigenvalue weighted by Crippen LogP contribution is -2.33. The summed E-state index contributed by atoms with van der Waals surface area (Å²) in [5.41, 5.74) is 1.90. The highest BCUT2D eigenvalue weighted by molar-refractivity contribution is 9.10. The molecule has 0 fully saturated rings. The molecule has 0 saturated carbocycles. The molecule has 1 amide bonds. The zero-order valence-corrected chi connectivity index (χ0v) is 16.3. The topological polar surface area (TPSA) is 67.0 Å². The van der Waals surface area contributed by atoms with E-state index in [1.807, 2.05) is 37.3 Å². The molecule has 3 rings (SSSR count). The summed E-state index contributed by atoms with van der Waals surface area (Å²) >= 11 is 3.18. The molecule has 1 atom stereocenters. The van der Waals surface area contributed by atoms with Crippen molar-refractivity contribution in [2.24, 2.45) is 0 Å². The normalized spacial score (nSPS) is 11.8. The molecule has 1 unspecified atom stereocenters. The Balaban J connectivity index is 1.61. The lowest BCUT2D eigenvalue weighted by atomic mass is 10.2. The predicted molar refractivity (Wildman–Crippen MR) is 105 cm³/mol. The Hall–Kier alpha value is -2.67. The van der Waals surface area contributed by atoms with Crippen LogP contribution in [0.4, 0.5) is 4.39 Å². The van der Waals surface area contributed by atoms with Crippen LogP contribution < -0.4 is 10.1 Å². The van der Waals surface area contributed by atoms with Crippen LogP contribution in [-0.2, 0) is 4.79 Å². The fourth-order valence-corrected chi connectivity index (χ4v) is 2.95. The van der Waals surface area contributed by atoms with E-state index in [-0.39, 0.29) is 24.3 Å². The van der Waals surface area contributed by atoms with Gasteiger partial charge in [-0.1, -0.05) is 53.2 Å². The van der Waals surface area contributed by atoms with Crippen LogP contribution in [0.1, 0.15) is 25.2 Å². The first-order valence-corrected chi connectivity index (χ1v) is 9.33. The number of hydrogen-bond donors (Lipinski definition) is 2. The Morgan fingerprint density at radius 3 is 2.78 bits per heavy atom. The summed E-state index contributed by atoms with van der Waals surface area (Å²) in [6.45, 7) is 1.67. The maximum absolute atomic E-state index is 13.8. The molecule has 3 aromatic rings. The number of rotatable bonds is 7. The van der Waals surface area contributed by atoms with E-state index in [9.17, 15) is 9.18 Å². The second-order valence-electron chi connectivity index (χ2n) is 5.94. The number of imidazole rings is 1. The number of ether oxygens (including phenoxy) is 1. The van der Waals surface area contributed by atoms with Crippen molar-refractivity contribution in [2.45, 2.75) is 19.4 Å². The van der Waals surface area contributed by atoms with E-state index in [4.69, 9.17) is 4.74 Å². The van der Waals surface area contributed by atoms with Gasteiger partial charge in [0.15, 0.2) is 18.2 Å². The van der Waals surface area contributed by atoms with Crippen molar-refractivity contribution in [1.29, 1.82) is 0 Å². The zero-order chi connectivity index (χ0) is 19.2. The van der Waals surface area contributed by atoms with Crippen LogP contribution in [0.3, 0.4) is 0 Å². The van der Waals surface area contributed by atoms with Gasteiger partial charge in [0.25, 0.3) is 5.91 Å². The highest BCUT2D eigenvalue weighted by atomic mass is 79.9. The van der Waals surface area contributed by atoms with Gasteiger partial charge in [-0.25, -0.2) is 9.37 Å². The quantitative estimate of drug-likeness (QED) is 0.573. The number of nitrogens with one attached hydrogen (secondary N) is 2. The lowest BCUT2D eigenvalue weighted by molar-refractivity contribution is -0.124. The average Bonchev–Trinajstić information content (AvgIpc) is 3.16. The molecule has 0 radical (unpaired) electrons. The summed E-state index contributed by atoms with van der Waals surface area (Å²) < 4.78 is 19.6. The molecule has 1 heterocycles. The van der Waals surface area contributed by atoms with Gasteiger partial charge in [0.2, 0.25) is 0 Å². The minimum Gasteiger partial charge on any atom is -0.481 e. The van der Waals surface area contributed by atoms with Gasteiger partial charge >= 0.3 is 0 Å². The van der Waals surface area contributed by atoms with Gasteiger partial charge < -0.3 is 15.0 Å². The first kappa shape index (κ1) is 19.1. The van der Waals surface area contributed by atoms with Crippen molar-refractivity contribution < 1.29 is 13.9 Å². The molecule has 7 heteroatoms. The molecule has 27 heavy (non-hydrogen) atoms. The Bertz CT molecular complexity index is 915. The van der Waals surface area contributed by atoms with Gasteiger partial charge in [-0.05, 0) is 30.2 Å². The van der Waals surface area contributed by atoms with Crippen molar-refractivity contribution in [3.05, 3.63) is 70.8 Å². The van der Waals surface area contributed by atoms with E-state index in [2.05, 4.69) is 31.2 Å². The van der Waals surface area contributed by atoms with Gasteiger partial charge in [0.05, 0.1) is 17.9 Å². The molecule has 0 saturated heterocycles. The van der Waals surface area contributed by atoms with E-state index in [0.717, 1.165) is 11.3 Å². The van der Waals surface area contributed by atoms with Gasteiger partial charge in [-0.3, -0.25) is 4.79 Å². The third-order valence-electron chi connectivity index (χ3n) is 4.01. The second-order valence-corrected chi connectivity index (χ2v) is 6.86. The molecule has 1 aromatic heterocycles. The average molecular weight is 432 g/mol. The number of amides is 1. The highest BCUT2D eigenvalue weighted by Crippen LogP contribution is 2.22. The Labute approximate surface area is 165 Å². The number of aromatic nitrogens is 2. The minimum absolute atomic E-state index is 0.0331. The largest absolute Gasteiger partial charge is 0.481 e. The summed E-state index contributed by atoms with van der Waals surface area (Å²) in [7, 11) is 0. The van der Waals surface area contributed by atoms with Crippen molar-refractivity contribution in [3.8, 4) is 17.0 Å². The summed E-state index contributed by atoms with van der Waals surface area (Å²) in [5, 5.41) is 2.86. The smallest absolute Gasteiger partial charge is 0.258 e. The molecule has 0 bridgehead atoms. The zero-order valence-electron chi connectivity index (χ0n) is 14.7. The number of nitrogens with zero attached hydrogens (tertiary/aromatic N) is 1. The van der Waals surface area contributed by atoms with E-state index >= 15 is 0 Å². The van der Waals surface area contributed by atoms with Gasteiger partial charge in [0, 0.05) is 4.47 Å². The van der Waals surface area contributed by atoms with Crippen LogP contribution >= 0.6 is 15.9 Å². The van der Waals surface area contributed by atoms with Crippen molar-refractivity contribution in [1.82, 2.24) is 15.3 Å². The molecule has 2 N–H and O–H groups in total. The van der Waals surface area contributed by atoms with Gasteiger partial charge in [0.1, 0.15) is 5.82 Å². The van der Waals surface area contributed by atoms with Crippen LogP contribution in [0, 0.1) is 5.82 Å². The minimum atomic E-state index is -0.525. The number of benzene rings is 2. The number of carbonyl (C=O) groups is 1. The molecule has 0 spiro atoms. The molecule has 0 aliphatic rings. The predicted octanol–water partition coefficient (Wildman–Crippen LogP) is 4.62. The number of hydrogen-bond acceptors (Lipinski definition) is 3. The molecular weight excluding hydrogens is 413 g/mol. The number of aromatic amines is 1. The maximum Gasteiger partial charge on any atom is 0.258 e. The third-order valence-corrected chi connectivity index (χ3v) is 4.50. The van der Waals surface area contributed by atoms with Crippen LogP contribution in [0.5, 0.6) is 5.75 Å². The Morgan fingerprint density at radius 1 is 1.30 bits per heavy atom. The molecule has 0 aliphatic heterocycles. The Kier molecular flexibility index (Phi) is 6.24. The van der Waals surface area contributed by atoms with Crippen LogP contribution in [0.15, 0.2) is 59.2 Å². The SMILES string of the molecule is CCC(NC(=O)COc1ccc(Br)cc1F)c1ncc(-c2ccccc2)[nH]1. The van der Waals surface area contributed by atoms with Crippen LogP contribution in [-0.4, -0.2) is 22.5 Å². The standard InChI is InChI=1S/C20H19BrFN3O2/c1-2-16(20-23-11-17(25-20)13-6-4-3-5-7-13)24-19(26)12-27-18-9-8-14(21)10-15(18)22/h3-11,16H,2,12H2,1H3,(H,23,25)(H,24,26). The maximum atomic E-state index is 13.8.